The lowest BCUT2D eigenvalue weighted by molar-refractivity contribution is -0.0501. The van der Waals surface area contributed by atoms with Gasteiger partial charge in [0, 0.05) is 27.8 Å². The van der Waals surface area contributed by atoms with Gasteiger partial charge in [0.25, 0.3) is 5.88 Å². The maximum atomic E-state index is 12.7. The van der Waals surface area contributed by atoms with E-state index in [9.17, 15) is 26.9 Å². The average molecular weight is 1000 g/mol. The zero-order chi connectivity index (χ0) is 53.5. The smallest absolute Gasteiger partial charge is 0.423 e. The lowest BCUT2D eigenvalue weighted by Gasteiger charge is -2.14. The molecule has 370 valence electrons. The second-order valence-electron chi connectivity index (χ2n) is 18.0. The minimum absolute atomic E-state index is 0.224. The highest BCUT2D eigenvalue weighted by Gasteiger charge is 2.49. The fraction of sp³-hybridized carbons (Fsp3) is 0.193. The predicted molar refractivity (Wildman–Crippen MR) is 281 cm³/mol. The van der Waals surface area contributed by atoms with E-state index in [1.165, 1.54) is 22.3 Å². The van der Waals surface area contributed by atoms with Crippen LogP contribution < -0.4 is 9.65 Å². The Morgan fingerprint density at radius 3 is 1.38 bits per heavy atom. The van der Waals surface area contributed by atoms with Crippen molar-refractivity contribution in [2.75, 3.05) is 0 Å². The first kappa shape index (κ1) is 54.3. The number of nitriles is 1. The third kappa shape index (κ3) is 13.7. The van der Waals surface area contributed by atoms with Crippen LogP contribution in [0.25, 0.3) is 61.1 Å². The molecule has 2 heterocycles. The van der Waals surface area contributed by atoms with E-state index >= 15 is 0 Å². The van der Waals surface area contributed by atoms with Gasteiger partial charge in [-0.3, -0.25) is 4.98 Å². The molecule has 0 saturated carbocycles. The Hall–Kier alpha value is -8.02. The first-order valence-electron chi connectivity index (χ1n) is 22.8. The second-order valence-corrected chi connectivity index (χ2v) is 19.6. The maximum absolute atomic E-state index is 12.7. The predicted octanol–water partition coefficient (Wildman–Crippen LogP) is 12.4. The Labute approximate surface area is 424 Å². The maximum Gasteiger partial charge on any atom is 0.534 e. The van der Waals surface area contributed by atoms with Gasteiger partial charge in [-0.2, -0.15) is 26.9 Å². The Morgan fingerprint density at radius 1 is 0.575 bits per heavy atom. The quantitative estimate of drug-likeness (QED) is 0.0648. The van der Waals surface area contributed by atoms with Crippen LogP contribution in [0.15, 0.2) is 122 Å². The number of nitrogens with zero attached hydrogens (tertiary/aromatic N) is 6. The summed E-state index contributed by atoms with van der Waals surface area (Å²) in [5.41, 5.74) is 13.9. The Morgan fingerprint density at radius 2 is 1.00 bits per heavy atom. The van der Waals surface area contributed by atoms with Gasteiger partial charge in [0.05, 0.1) is 53.4 Å². The first-order chi connectivity index (χ1) is 34.3. The number of alkyl halides is 3. The van der Waals surface area contributed by atoms with Crippen molar-refractivity contribution in [3.05, 3.63) is 194 Å². The van der Waals surface area contributed by atoms with Gasteiger partial charge >= 0.3 is 22.7 Å². The molecule has 2 aromatic heterocycles. The van der Waals surface area contributed by atoms with Crippen molar-refractivity contribution in [1.82, 2.24) is 19.9 Å². The van der Waals surface area contributed by atoms with Gasteiger partial charge in [0.15, 0.2) is 5.69 Å². The van der Waals surface area contributed by atoms with Crippen molar-refractivity contribution in [3.63, 3.8) is 0 Å². The molecule has 0 aliphatic rings. The molecule has 16 heteroatoms. The molecule has 0 spiro atoms. The summed E-state index contributed by atoms with van der Waals surface area (Å²) in [5.74, 6) is -0.755. The van der Waals surface area contributed by atoms with Crippen molar-refractivity contribution in [1.29, 1.82) is 5.26 Å². The number of hydrogen-bond donors (Lipinski definition) is 2. The largest absolute Gasteiger partial charge is 0.534 e. The lowest BCUT2D eigenvalue weighted by Crippen LogP contribution is -2.31. The summed E-state index contributed by atoms with van der Waals surface area (Å²) >= 11 is 0. The summed E-state index contributed by atoms with van der Waals surface area (Å²) in [6.07, 6.45) is 2.72. The summed E-state index contributed by atoms with van der Waals surface area (Å²) in [7, 11) is -7.31. The SMILES string of the molecule is Cc1cc(C)cc(-c2ncc(-c3ccc(C#N)cc3C)nc2-c2cc(C)cc(C)c2)c1.Cc1cc(C)cc(-c2ncc(OS(=O)(=O)C(F)(F)F)nc2-c2cc(C)cc(C)c2)c1.[C-]#[N+]c1ccc(B(O)O)c(C)c1. The first-order valence-corrected chi connectivity index (χ1v) is 24.2. The van der Waals surface area contributed by atoms with Crippen LogP contribution in [0.1, 0.15) is 61.2 Å². The van der Waals surface area contributed by atoms with Gasteiger partial charge in [-0.25, -0.2) is 19.8 Å². The molecule has 6 aromatic carbocycles. The average Bonchev–Trinajstić information content (AvgIpc) is 3.30. The van der Waals surface area contributed by atoms with Crippen molar-refractivity contribution in [2.24, 2.45) is 0 Å². The fourth-order valence-electron chi connectivity index (χ4n) is 8.40. The van der Waals surface area contributed by atoms with Crippen LogP contribution in [0.4, 0.5) is 18.9 Å². The molecular weight excluding hydrogens is 949 g/mol. The number of aromatic nitrogens is 4. The summed E-state index contributed by atoms with van der Waals surface area (Å²) in [5, 5.41) is 26.9. The summed E-state index contributed by atoms with van der Waals surface area (Å²) in [4.78, 5) is 21.5. The summed E-state index contributed by atoms with van der Waals surface area (Å²) < 4.78 is 65.2. The highest BCUT2D eigenvalue weighted by atomic mass is 32.2. The number of aryl methyl sites for hydroxylation is 10. The van der Waals surface area contributed by atoms with Gasteiger partial charge in [-0.15, -0.1) is 0 Å². The van der Waals surface area contributed by atoms with Crippen molar-refractivity contribution < 1.29 is 35.8 Å². The van der Waals surface area contributed by atoms with Gasteiger partial charge in [-0.1, -0.05) is 98.6 Å². The second kappa shape index (κ2) is 22.6. The van der Waals surface area contributed by atoms with E-state index in [1.54, 1.807) is 37.3 Å². The zero-order valence-corrected chi connectivity index (χ0v) is 42.8. The van der Waals surface area contributed by atoms with E-state index in [0.29, 0.717) is 33.5 Å². The molecule has 8 aromatic rings. The lowest BCUT2D eigenvalue weighted by atomic mass is 9.77. The van der Waals surface area contributed by atoms with Crippen molar-refractivity contribution >= 4 is 28.4 Å². The van der Waals surface area contributed by atoms with Crippen LogP contribution >= 0.6 is 0 Å². The molecule has 2 N–H and O–H groups in total. The van der Waals surface area contributed by atoms with Crippen LogP contribution in [0.2, 0.25) is 0 Å². The fourth-order valence-corrected chi connectivity index (χ4v) is 8.80. The van der Waals surface area contributed by atoms with E-state index in [0.717, 1.165) is 73.3 Å². The summed E-state index contributed by atoms with van der Waals surface area (Å²) in [6.45, 7) is 26.4. The third-order valence-electron chi connectivity index (χ3n) is 11.3. The minimum Gasteiger partial charge on any atom is -0.423 e. The molecule has 0 bridgehead atoms. The van der Waals surface area contributed by atoms with E-state index in [4.69, 9.17) is 26.6 Å². The van der Waals surface area contributed by atoms with E-state index in [2.05, 4.69) is 89.2 Å². The van der Waals surface area contributed by atoms with Gasteiger partial charge < -0.3 is 14.2 Å². The van der Waals surface area contributed by atoms with E-state index < -0.39 is 28.6 Å². The molecule has 0 unspecified atom stereocenters. The molecule has 0 aliphatic heterocycles. The number of rotatable bonds is 8. The molecular formula is C57H52BF3N6O5S. The van der Waals surface area contributed by atoms with Crippen molar-refractivity contribution in [2.45, 2.75) is 74.7 Å². The van der Waals surface area contributed by atoms with Gasteiger partial charge in [0.1, 0.15) is 5.69 Å². The molecule has 0 amide bonds. The standard InChI is InChI=1S/C28H25N3.C21H19F3N2O3S.C8H8BNO2/c1-17-8-18(2)11-23(10-17)27-28(24-12-19(3)9-20(4)13-24)31-26(16-30-27)25-7-6-22(15-29)14-21(25)5;1-12-5-13(2)8-16(7-12)19-20(17-9-14(3)6-15(4)10-17)26-18(11-25-19)29-30(27,28)21(22,23)24;1-6-5-7(10-2)3-4-8(6)9(11)12/h6-14,16H,1-5H3;5-11H,1-4H3;3-5,11-12H,1H3. The molecule has 0 aliphatic carbocycles. The molecule has 0 radical (unpaired) electrons. The number of hydrogen-bond acceptors (Lipinski definition) is 10. The highest BCUT2D eigenvalue weighted by Crippen LogP contribution is 2.36. The van der Waals surface area contributed by atoms with Crippen molar-refractivity contribution in [3.8, 4) is 68.2 Å². The Balaban J connectivity index is 0.000000195. The normalized spacial score (nSPS) is 11.0. The summed E-state index contributed by atoms with van der Waals surface area (Å²) in [6, 6.07) is 36.9. The van der Waals surface area contributed by atoms with Crippen LogP contribution in [0.3, 0.4) is 0 Å². The minimum atomic E-state index is -5.86. The third-order valence-corrected chi connectivity index (χ3v) is 12.2. The van der Waals surface area contributed by atoms with Crippen LogP contribution in [-0.4, -0.2) is 51.0 Å². The van der Waals surface area contributed by atoms with Crippen LogP contribution in [0, 0.1) is 87.1 Å². The molecule has 8 rings (SSSR count). The number of benzene rings is 6. The van der Waals surface area contributed by atoms with Gasteiger partial charge in [-0.05, 0) is 141 Å². The van der Waals surface area contributed by atoms with Crippen LogP contribution in [-0.2, 0) is 10.1 Å². The Bertz CT molecular complexity index is 3510. The monoisotopic (exact) mass is 1000 g/mol. The molecule has 73 heavy (non-hydrogen) atoms. The molecule has 0 fully saturated rings. The number of halogens is 3. The molecule has 0 saturated heterocycles. The molecule has 0 atom stereocenters. The topological polar surface area (TPSA) is 164 Å². The Kier molecular flexibility index (Phi) is 16.8. The van der Waals surface area contributed by atoms with E-state index in [1.807, 2.05) is 83.3 Å². The van der Waals surface area contributed by atoms with E-state index in [-0.39, 0.29) is 5.69 Å². The molecule has 11 nitrogen and oxygen atoms in total. The van der Waals surface area contributed by atoms with Crippen LogP contribution in [0.5, 0.6) is 5.88 Å². The highest BCUT2D eigenvalue weighted by molar-refractivity contribution is 7.88. The zero-order valence-electron chi connectivity index (χ0n) is 42.0. The van der Waals surface area contributed by atoms with Gasteiger partial charge in [0.2, 0.25) is 0 Å².